The molecule has 100 valence electrons. The van der Waals surface area contributed by atoms with Crippen molar-refractivity contribution < 1.29 is 9.84 Å². The molecule has 1 aromatic rings. The van der Waals surface area contributed by atoms with E-state index in [2.05, 4.69) is 19.2 Å². The molecule has 3 nitrogen and oxygen atoms in total. The van der Waals surface area contributed by atoms with Crippen LogP contribution < -0.4 is 5.32 Å². The smallest absolute Gasteiger partial charge is 0.106 e. The normalized spacial score (nSPS) is 39.9. The molecule has 0 aliphatic carbocycles. The second kappa shape index (κ2) is 4.46. The fourth-order valence-electron chi connectivity index (χ4n) is 3.35. The molecule has 1 saturated heterocycles. The number of fused-ring (bicyclic) bond motifs is 2. The van der Waals surface area contributed by atoms with Crippen LogP contribution in [0.25, 0.3) is 0 Å². The van der Waals surface area contributed by atoms with Gasteiger partial charge < -0.3 is 15.2 Å². The summed E-state index contributed by atoms with van der Waals surface area (Å²) < 4.78 is 6.80. The van der Waals surface area contributed by atoms with Crippen molar-refractivity contribution in [3.63, 3.8) is 0 Å². The van der Waals surface area contributed by atoms with E-state index in [9.17, 15) is 5.11 Å². The average molecular weight is 288 g/mol. The molecule has 4 atom stereocenters. The summed E-state index contributed by atoms with van der Waals surface area (Å²) in [6, 6.07) is 2.73. The first-order valence-electron chi connectivity index (χ1n) is 6.38. The Hall–Kier alpha value is -0.130. The summed E-state index contributed by atoms with van der Waals surface area (Å²) in [4.78, 5) is 1.13. The van der Waals surface area contributed by atoms with Gasteiger partial charge >= 0.3 is 0 Å². The van der Waals surface area contributed by atoms with Crippen LogP contribution in [0.1, 0.15) is 43.2 Å². The number of piperidine rings is 1. The van der Waals surface area contributed by atoms with E-state index < -0.39 is 6.10 Å². The van der Waals surface area contributed by atoms with E-state index in [1.54, 1.807) is 11.3 Å². The highest BCUT2D eigenvalue weighted by Crippen LogP contribution is 2.49. The minimum absolute atomic E-state index is 0.254. The molecule has 2 N–H and O–H groups in total. The lowest BCUT2D eigenvalue weighted by molar-refractivity contribution is -0.127. The number of aliphatic hydroxyl groups is 1. The van der Waals surface area contributed by atoms with Crippen LogP contribution in [0, 0.1) is 0 Å². The summed E-state index contributed by atoms with van der Waals surface area (Å²) in [5.41, 5.74) is 0.716. The molecule has 3 rings (SSSR count). The van der Waals surface area contributed by atoms with Crippen LogP contribution in [0.5, 0.6) is 0 Å². The quantitative estimate of drug-likeness (QED) is 0.771. The Kier molecular flexibility index (Phi) is 3.19. The van der Waals surface area contributed by atoms with Gasteiger partial charge in [-0.25, -0.2) is 0 Å². The molecule has 0 bridgehead atoms. The molecule has 0 radical (unpaired) electrons. The molecular formula is C13H18ClNO2S. The van der Waals surface area contributed by atoms with Crippen molar-refractivity contribution in [1.29, 1.82) is 0 Å². The maximum absolute atomic E-state index is 10.0. The van der Waals surface area contributed by atoms with Crippen LogP contribution in [0.15, 0.2) is 6.07 Å². The average Bonchev–Trinajstić information content (AvgIpc) is 2.67. The third-order valence-electron chi connectivity index (χ3n) is 3.86. The zero-order chi connectivity index (χ0) is 12.9. The second-order valence-electron chi connectivity index (χ2n) is 5.53. The van der Waals surface area contributed by atoms with E-state index in [4.69, 9.17) is 16.3 Å². The number of hydrogen-bond donors (Lipinski definition) is 2. The Labute approximate surface area is 116 Å². The minimum atomic E-state index is -0.533. The van der Waals surface area contributed by atoms with Gasteiger partial charge in [0.05, 0.1) is 10.9 Å². The highest BCUT2D eigenvalue weighted by atomic mass is 35.5. The summed E-state index contributed by atoms with van der Waals surface area (Å²) in [6.07, 6.45) is 1.34. The van der Waals surface area contributed by atoms with Gasteiger partial charge in [0.1, 0.15) is 11.7 Å². The van der Waals surface area contributed by atoms with E-state index in [0.29, 0.717) is 18.7 Å². The summed E-state index contributed by atoms with van der Waals surface area (Å²) in [6.45, 7) is 4.74. The van der Waals surface area contributed by atoms with Crippen molar-refractivity contribution in [2.45, 2.75) is 50.5 Å². The third-order valence-corrected chi connectivity index (χ3v) is 5.33. The van der Waals surface area contributed by atoms with Crippen LogP contribution in [0.3, 0.4) is 0 Å². The van der Waals surface area contributed by atoms with Crippen molar-refractivity contribution in [2.75, 3.05) is 6.61 Å². The SMILES string of the molecule is C[C@@H]1CC2(C[C@H](C)N1)OCC(O)c1cc(Cl)sc12. The molecule has 0 saturated carbocycles. The van der Waals surface area contributed by atoms with Crippen LogP contribution in [0.4, 0.5) is 0 Å². The van der Waals surface area contributed by atoms with E-state index in [-0.39, 0.29) is 5.60 Å². The second-order valence-corrected chi connectivity index (χ2v) is 7.22. The summed E-state index contributed by atoms with van der Waals surface area (Å²) in [5.74, 6) is 0. The van der Waals surface area contributed by atoms with E-state index in [1.807, 2.05) is 6.07 Å². The molecule has 1 spiro atoms. The van der Waals surface area contributed by atoms with Crippen molar-refractivity contribution in [3.8, 4) is 0 Å². The lowest BCUT2D eigenvalue weighted by Crippen LogP contribution is -2.52. The number of nitrogens with one attached hydrogen (secondary N) is 1. The molecule has 0 aromatic carbocycles. The molecule has 5 heteroatoms. The van der Waals surface area contributed by atoms with Crippen LogP contribution in [-0.2, 0) is 10.3 Å². The Balaban J connectivity index is 2.05. The van der Waals surface area contributed by atoms with Gasteiger partial charge in [-0.15, -0.1) is 11.3 Å². The van der Waals surface area contributed by atoms with Crippen LogP contribution >= 0.6 is 22.9 Å². The molecule has 2 unspecified atom stereocenters. The van der Waals surface area contributed by atoms with Gasteiger partial charge in [0.25, 0.3) is 0 Å². The zero-order valence-corrected chi connectivity index (χ0v) is 12.1. The number of thiophene rings is 1. The number of hydrogen-bond acceptors (Lipinski definition) is 4. The summed E-state index contributed by atoms with van der Waals surface area (Å²) >= 11 is 7.68. The topological polar surface area (TPSA) is 41.5 Å². The minimum Gasteiger partial charge on any atom is -0.386 e. The maximum atomic E-state index is 10.0. The monoisotopic (exact) mass is 287 g/mol. The fraction of sp³-hybridized carbons (Fsp3) is 0.692. The Morgan fingerprint density at radius 3 is 2.78 bits per heavy atom. The van der Waals surface area contributed by atoms with Gasteiger partial charge in [-0.3, -0.25) is 0 Å². The highest BCUT2D eigenvalue weighted by molar-refractivity contribution is 7.16. The van der Waals surface area contributed by atoms with Gasteiger partial charge in [0.2, 0.25) is 0 Å². The predicted molar refractivity (Wildman–Crippen MR) is 73.2 cm³/mol. The molecule has 1 fully saturated rings. The first-order valence-corrected chi connectivity index (χ1v) is 7.57. The fourth-order valence-corrected chi connectivity index (χ4v) is 4.80. The lowest BCUT2D eigenvalue weighted by atomic mass is 9.80. The van der Waals surface area contributed by atoms with Crippen molar-refractivity contribution >= 4 is 22.9 Å². The molecule has 18 heavy (non-hydrogen) atoms. The molecule has 3 heterocycles. The van der Waals surface area contributed by atoms with Crippen LogP contribution in [0.2, 0.25) is 4.34 Å². The lowest BCUT2D eigenvalue weighted by Gasteiger charge is -2.46. The van der Waals surface area contributed by atoms with E-state index in [0.717, 1.165) is 27.6 Å². The zero-order valence-electron chi connectivity index (χ0n) is 10.6. The van der Waals surface area contributed by atoms with Crippen molar-refractivity contribution in [3.05, 3.63) is 20.8 Å². The Morgan fingerprint density at radius 2 is 2.11 bits per heavy atom. The van der Waals surface area contributed by atoms with Crippen LogP contribution in [-0.4, -0.2) is 23.8 Å². The molecule has 1 aromatic heterocycles. The van der Waals surface area contributed by atoms with Crippen molar-refractivity contribution in [2.24, 2.45) is 0 Å². The molecule has 2 aliphatic rings. The Bertz CT molecular complexity index is 452. The number of aliphatic hydroxyl groups excluding tert-OH is 1. The van der Waals surface area contributed by atoms with Crippen molar-refractivity contribution in [1.82, 2.24) is 5.32 Å². The number of ether oxygens (including phenoxy) is 1. The molecular weight excluding hydrogens is 270 g/mol. The first-order chi connectivity index (χ1) is 8.50. The summed E-state index contributed by atoms with van der Waals surface area (Å²) in [7, 11) is 0. The van der Waals surface area contributed by atoms with Gasteiger partial charge in [-0.1, -0.05) is 11.6 Å². The van der Waals surface area contributed by atoms with Gasteiger partial charge in [0, 0.05) is 22.5 Å². The van der Waals surface area contributed by atoms with Gasteiger partial charge in [-0.05, 0) is 32.8 Å². The standard InChI is InChI=1S/C13H18ClNO2S/c1-7-4-13(5-8(2)15-7)12-9(3-11(14)18-12)10(16)6-17-13/h3,7-8,10,15-16H,4-6H2,1-2H3/t7-,8+,10?,13?. The molecule has 0 amide bonds. The van der Waals surface area contributed by atoms with Gasteiger partial charge in [0.15, 0.2) is 0 Å². The highest BCUT2D eigenvalue weighted by Gasteiger charge is 2.46. The maximum Gasteiger partial charge on any atom is 0.106 e. The van der Waals surface area contributed by atoms with Gasteiger partial charge in [-0.2, -0.15) is 0 Å². The summed E-state index contributed by atoms with van der Waals surface area (Å²) in [5, 5.41) is 13.6. The Morgan fingerprint density at radius 1 is 1.44 bits per heavy atom. The van der Waals surface area contributed by atoms with E-state index in [1.165, 1.54) is 0 Å². The largest absolute Gasteiger partial charge is 0.386 e. The molecule has 2 aliphatic heterocycles. The third kappa shape index (κ3) is 2.00. The number of halogens is 1. The number of rotatable bonds is 0. The first kappa shape index (κ1) is 12.9. The van der Waals surface area contributed by atoms with E-state index >= 15 is 0 Å². The predicted octanol–water partition coefficient (Wildman–Crippen LogP) is 2.82.